The number of rotatable bonds is 6. The lowest BCUT2D eigenvalue weighted by Crippen LogP contribution is -2.21. The summed E-state index contributed by atoms with van der Waals surface area (Å²) in [5, 5.41) is 7.39. The number of nitrogens with zero attached hydrogens (tertiary/aromatic N) is 3. The maximum Gasteiger partial charge on any atom is 0.240 e. The van der Waals surface area contributed by atoms with E-state index >= 15 is 0 Å². The molecule has 0 aliphatic rings. The lowest BCUT2D eigenvalue weighted by Gasteiger charge is -2.06. The van der Waals surface area contributed by atoms with Crippen LogP contribution < -0.4 is 10.1 Å². The van der Waals surface area contributed by atoms with Crippen molar-refractivity contribution in [2.45, 2.75) is 13.3 Å². The second kappa shape index (κ2) is 5.46. The molecular weight excluding hydrogens is 204 g/mol. The van der Waals surface area contributed by atoms with Gasteiger partial charge in [0.15, 0.2) is 0 Å². The number of fused-ring (bicyclic) bond motifs is 1. The Morgan fingerprint density at radius 2 is 2.31 bits per heavy atom. The van der Waals surface area contributed by atoms with Gasteiger partial charge in [-0.2, -0.15) is 5.10 Å². The van der Waals surface area contributed by atoms with Gasteiger partial charge in [0, 0.05) is 18.9 Å². The molecule has 1 N–H and O–H groups in total. The molecule has 2 aromatic heterocycles. The summed E-state index contributed by atoms with van der Waals surface area (Å²) < 4.78 is 7.34. The summed E-state index contributed by atoms with van der Waals surface area (Å²) in [4.78, 5) is 4.19. The summed E-state index contributed by atoms with van der Waals surface area (Å²) in [5.41, 5.74) is 0.901. The highest BCUT2D eigenvalue weighted by molar-refractivity contribution is 5.54. The summed E-state index contributed by atoms with van der Waals surface area (Å²) in [5.74, 6) is 0.637. The van der Waals surface area contributed by atoms with E-state index in [2.05, 4.69) is 22.3 Å². The Bertz CT molecular complexity index is 440. The van der Waals surface area contributed by atoms with Crippen molar-refractivity contribution in [3.8, 4) is 5.88 Å². The topological polar surface area (TPSA) is 51.5 Å². The number of nitrogens with one attached hydrogen (secondary N) is 1. The minimum Gasteiger partial charge on any atom is -0.475 e. The van der Waals surface area contributed by atoms with Crippen LogP contribution in [0.3, 0.4) is 0 Å². The maximum atomic E-state index is 5.59. The zero-order valence-corrected chi connectivity index (χ0v) is 9.39. The smallest absolute Gasteiger partial charge is 0.240 e. The van der Waals surface area contributed by atoms with Crippen LogP contribution in [0.4, 0.5) is 0 Å². The average molecular weight is 220 g/mol. The van der Waals surface area contributed by atoms with Gasteiger partial charge in [-0.3, -0.25) is 0 Å². The van der Waals surface area contributed by atoms with Crippen LogP contribution in [0.2, 0.25) is 0 Å². The summed E-state index contributed by atoms with van der Waals surface area (Å²) >= 11 is 0. The highest BCUT2D eigenvalue weighted by Gasteiger charge is 2.03. The molecule has 0 atom stereocenters. The highest BCUT2D eigenvalue weighted by atomic mass is 16.5. The number of aromatic nitrogens is 3. The average Bonchev–Trinajstić information content (AvgIpc) is 2.77. The normalized spacial score (nSPS) is 10.8. The molecule has 2 heterocycles. The summed E-state index contributed by atoms with van der Waals surface area (Å²) in [6, 6.07) is 1.89. The fraction of sp³-hybridized carbons (Fsp3) is 0.455. The van der Waals surface area contributed by atoms with Crippen LogP contribution >= 0.6 is 0 Å². The van der Waals surface area contributed by atoms with Crippen molar-refractivity contribution in [2.24, 2.45) is 0 Å². The number of hydrogen-bond acceptors (Lipinski definition) is 4. The Labute approximate surface area is 94.4 Å². The molecule has 0 aliphatic heterocycles. The van der Waals surface area contributed by atoms with Gasteiger partial charge < -0.3 is 10.1 Å². The Kier molecular flexibility index (Phi) is 3.71. The van der Waals surface area contributed by atoms with Gasteiger partial charge in [0.2, 0.25) is 5.88 Å². The van der Waals surface area contributed by atoms with Crippen LogP contribution in [-0.4, -0.2) is 34.3 Å². The molecule has 5 nitrogen and oxygen atoms in total. The molecule has 0 unspecified atom stereocenters. The van der Waals surface area contributed by atoms with E-state index in [1.165, 1.54) is 0 Å². The molecule has 0 aromatic carbocycles. The van der Waals surface area contributed by atoms with Crippen molar-refractivity contribution in [3.05, 3.63) is 24.7 Å². The molecule has 0 amide bonds. The van der Waals surface area contributed by atoms with Gasteiger partial charge in [-0.05, 0) is 19.0 Å². The molecule has 5 heteroatoms. The third-order valence-electron chi connectivity index (χ3n) is 2.23. The monoisotopic (exact) mass is 220 g/mol. The molecule has 2 rings (SSSR count). The molecule has 0 saturated heterocycles. The Balaban J connectivity index is 1.91. The van der Waals surface area contributed by atoms with E-state index < -0.39 is 0 Å². The molecule has 0 saturated carbocycles. The van der Waals surface area contributed by atoms with Crippen molar-refractivity contribution in [2.75, 3.05) is 19.7 Å². The van der Waals surface area contributed by atoms with Gasteiger partial charge >= 0.3 is 0 Å². The fourth-order valence-electron chi connectivity index (χ4n) is 1.47. The van der Waals surface area contributed by atoms with Crippen LogP contribution in [0.25, 0.3) is 5.52 Å². The number of hydrogen-bond donors (Lipinski definition) is 1. The van der Waals surface area contributed by atoms with E-state index in [0.29, 0.717) is 12.5 Å². The van der Waals surface area contributed by atoms with Crippen LogP contribution in [-0.2, 0) is 0 Å². The van der Waals surface area contributed by atoms with E-state index in [9.17, 15) is 0 Å². The number of ether oxygens (including phenoxy) is 1. The van der Waals surface area contributed by atoms with Crippen LogP contribution in [0.1, 0.15) is 13.3 Å². The van der Waals surface area contributed by atoms with E-state index in [1.807, 2.05) is 6.07 Å². The van der Waals surface area contributed by atoms with Gasteiger partial charge in [0.25, 0.3) is 0 Å². The molecule has 16 heavy (non-hydrogen) atoms. The van der Waals surface area contributed by atoms with E-state index in [-0.39, 0.29) is 0 Å². The second-order valence-electron chi connectivity index (χ2n) is 3.49. The predicted octanol–water partition coefficient (Wildman–Crippen LogP) is 1.11. The van der Waals surface area contributed by atoms with Crippen molar-refractivity contribution >= 4 is 5.52 Å². The van der Waals surface area contributed by atoms with Crippen molar-refractivity contribution in [3.63, 3.8) is 0 Å². The third-order valence-corrected chi connectivity index (χ3v) is 2.23. The van der Waals surface area contributed by atoms with Crippen LogP contribution in [0.5, 0.6) is 5.88 Å². The molecule has 0 aliphatic carbocycles. The Morgan fingerprint density at radius 3 is 3.19 bits per heavy atom. The minimum absolute atomic E-state index is 0.623. The van der Waals surface area contributed by atoms with Gasteiger partial charge in [-0.15, -0.1) is 0 Å². The highest BCUT2D eigenvalue weighted by Crippen LogP contribution is 2.14. The first kappa shape index (κ1) is 10.9. The van der Waals surface area contributed by atoms with Crippen LogP contribution in [0, 0.1) is 0 Å². The van der Waals surface area contributed by atoms with Crippen molar-refractivity contribution in [1.29, 1.82) is 0 Å². The zero-order valence-electron chi connectivity index (χ0n) is 9.39. The molecule has 0 fully saturated rings. The first-order chi connectivity index (χ1) is 7.92. The standard InChI is InChI=1S/C11H16N4O/c1-2-4-12-7-9-16-11-10-3-5-14-15(10)8-6-13-11/h3,5-6,8,12H,2,4,7,9H2,1H3. The molecule has 0 bridgehead atoms. The summed E-state index contributed by atoms with van der Waals surface area (Å²) in [6.07, 6.45) is 6.36. The zero-order chi connectivity index (χ0) is 11.2. The Hall–Kier alpha value is -1.62. The predicted molar refractivity (Wildman–Crippen MR) is 61.6 cm³/mol. The van der Waals surface area contributed by atoms with Crippen molar-refractivity contribution in [1.82, 2.24) is 19.9 Å². The summed E-state index contributed by atoms with van der Waals surface area (Å²) in [6.45, 7) is 4.62. The maximum absolute atomic E-state index is 5.59. The lowest BCUT2D eigenvalue weighted by atomic mass is 10.5. The van der Waals surface area contributed by atoms with E-state index in [0.717, 1.165) is 25.0 Å². The molecule has 0 spiro atoms. The molecular formula is C11H16N4O. The third kappa shape index (κ3) is 2.49. The van der Waals surface area contributed by atoms with E-state index in [4.69, 9.17) is 4.74 Å². The van der Waals surface area contributed by atoms with Crippen molar-refractivity contribution < 1.29 is 4.74 Å². The van der Waals surface area contributed by atoms with Gasteiger partial charge in [-0.1, -0.05) is 6.92 Å². The van der Waals surface area contributed by atoms with Crippen LogP contribution in [0.15, 0.2) is 24.7 Å². The summed E-state index contributed by atoms with van der Waals surface area (Å²) in [7, 11) is 0. The largest absolute Gasteiger partial charge is 0.475 e. The second-order valence-corrected chi connectivity index (χ2v) is 3.49. The first-order valence-electron chi connectivity index (χ1n) is 5.53. The SMILES string of the molecule is CCCNCCOc1nccn2nccc12. The molecule has 2 aromatic rings. The van der Waals surface area contributed by atoms with Gasteiger partial charge in [-0.25, -0.2) is 9.50 Å². The quantitative estimate of drug-likeness (QED) is 0.741. The van der Waals surface area contributed by atoms with E-state index in [1.54, 1.807) is 23.1 Å². The molecule has 86 valence electrons. The molecule has 0 radical (unpaired) electrons. The fourth-order valence-corrected chi connectivity index (χ4v) is 1.47. The lowest BCUT2D eigenvalue weighted by molar-refractivity contribution is 0.305. The van der Waals surface area contributed by atoms with Gasteiger partial charge in [0.05, 0.1) is 6.20 Å². The first-order valence-corrected chi connectivity index (χ1v) is 5.53. The Morgan fingerprint density at radius 1 is 1.38 bits per heavy atom. The van der Waals surface area contributed by atoms with Gasteiger partial charge in [0.1, 0.15) is 12.1 Å². The minimum atomic E-state index is 0.623.